The Morgan fingerprint density at radius 2 is 1.53 bits per heavy atom. The number of nitrogens with zero attached hydrogens (tertiary/aromatic N) is 3. The molecular weight excluding hydrogens is 266 g/mol. The molecule has 1 atom stereocenters. The Balaban J connectivity index is 1.82. The van der Waals surface area contributed by atoms with Crippen LogP contribution >= 0.6 is 11.8 Å². The first-order valence-electron chi connectivity index (χ1n) is 6.68. The standard InChI is InChI=1S/C12H21N3O3S/c1-10(11(16)17)13-2-4-14(5-3-13)12(18)15-6-8-19-9-7-15/h10H,2-9H2,1H3,(H,16,17). The van der Waals surface area contributed by atoms with E-state index in [-0.39, 0.29) is 6.03 Å². The van der Waals surface area contributed by atoms with Gasteiger partial charge in [0, 0.05) is 50.8 Å². The molecule has 2 saturated heterocycles. The number of hydrogen-bond acceptors (Lipinski definition) is 4. The van der Waals surface area contributed by atoms with E-state index >= 15 is 0 Å². The average Bonchev–Trinajstić information content (AvgIpc) is 2.46. The summed E-state index contributed by atoms with van der Waals surface area (Å²) in [5.41, 5.74) is 0. The molecule has 0 saturated carbocycles. The Labute approximate surface area is 117 Å². The molecule has 2 amide bonds. The van der Waals surface area contributed by atoms with E-state index < -0.39 is 12.0 Å². The summed E-state index contributed by atoms with van der Waals surface area (Å²) < 4.78 is 0. The van der Waals surface area contributed by atoms with E-state index in [0.29, 0.717) is 26.2 Å². The Morgan fingerprint density at radius 3 is 2.05 bits per heavy atom. The third-order valence-electron chi connectivity index (χ3n) is 3.77. The van der Waals surface area contributed by atoms with Gasteiger partial charge in [0.15, 0.2) is 0 Å². The number of thioether (sulfide) groups is 1. The van der Waals surface area contributed by atoms with Gasteiger partial charge in [0.2, 0.25) is 0 Å². The minimum absolute atomic E-state index is 0.114. The van der Waals surface area contributed by atoms with Crippen LogP contribution in [0.5, 0.6) is 0 Å². The van der Waals surface area contributed by atoms with Crippen LogP contribution in [0.2, 0.25) is 0 Å². The van der Waals surface area contributed by atoms with E-state index in [9.17, 15) is 9.59 Å². The molecule has 0 spiro atoms. The SMILES string of the molecule is CC(C(=O)O)N1CCN(C(=O)N2CCSCC2)CC1. The van der Waals surface area contributed by atoms with Gasteiger partial charge >= 0.3 is 12.0 Å². The van der Waals surface area contributed by atoms with E-state index in [2.05, 4.69) is 0 Å². The fourth-order valence-corrected chi connectivity index (χ4v) is 3.31. The molecule has 2 rings (SSSR count). The first kappa shape index (κ1) is 14.5. The maximum absolute atomic E-state index is 12.3. The fourth-order valence-electron chi connectivity index (χ4n) is 2.41. The highest BCUT2D eigenvalue weighted by Gasteiger charge is 2.29. The van der Waals surface area contributed by atoms with E-state index in [1.54, 1.807) is 6.92 Å². The Kier molecular flexibility index (Phi) is 4.93. The van der Waals surface area contributed by atoms with Crippen LogP contribution < -0.4 is 0 Å². The van der Waals surface area contributed by atoms with Crippen molar-refractivity contribution in [2.24, 2.45) is 0 Å². The summed E-state index contributed by atoms with van der Waals surface area (Å²) >= 11 is 1.88. The van der Waals surface area contributed by atoms with Gasteiger partial charge in [-0.2, -0.15) is 11.8 Å². The smallest absolute Gasteiger partial charge is 0.320 e. The lowest BCUT2D eigenvalue weighted by Gasteiger charge is -2.39. The second-order valence-corrected chi connectivity index (χ2v) is 6.14. The molecule has 0 bridgehead atoms. The van der Waals surface area contributed by atoms with Crippen molar-refractivity contribution in [2.45, 2.75) is 13.0 Å². The zero-order valence-corrected chi connectivity index (χ0v) is 12.1. The molecule has 108 valence electrons. The Bertz CT molecular complexity index is 339. The highest BCUT2D eigenvalue weighted by Crippen LogP contribution is 2.13. The third kappa shape index (κ3) is 3.54. The molecule has 6 nitrogen and oxygen atoms in total. The van der Waals surface area contributed by atoms with Crippen LogP contribution in [-0.4, -0.2) is 88.6 Å². The maximum Gasteiger partial charge on any atom is 0.320 e. The zero-order chi connectivity index (χ0) is 13.8. The van der Waals surface area contributed by atoms with Crippen molar-refractivity contribution in [3.8, 4) is 0 Å². The van der Waals surface area contributed by atoms with Crippen molar-refractivity contribution in [1.82, 2.24) is 14.7 Å². The van der Waals surface area contributed by atoms with Gasteiger partial charge < -0.3 is 14.9 Å². The average molecular weight is 287 g/mol. The first-order valence-corrected chi connectivity index (χ1v) is 7.83. The van der Waals surface area contributed by atoms with Crippen LogP contribution in [-0.2, 0) is 4.79 Å². The summed E-state index contributed by atoms with van der Waals surface area (Å²) in [6.45, 7) is 5.88. The van der Waals surface area contributed by atoms with E-state index in [0.717, 1.165) is 24.6 Å². The molecule has 0 aromatic rings. The summed E-state index contributed by atoms with van der Waals surface area (Å²) in [4.78, 5) is 28.9. The molecule has 2 fully saturated rings. The second-order valence-electron chi connectivity index (χ2n) is 4.92. The number of aliphatic carboxylic acids is 1. The maximum atomic E-state index is 12.3. The van der Waals surface area contributed by atoms with Crippen molar-refractivity contribution < 1.29 is 14.7 Å². The van der Waals surface area contributed by atoms with Crippen molar-refractivity contribution in [2.75, 3.05) is 50.8 Å². The van der Waals surface area contributed by atoms with Crippen molar-refractivity contribution >= 4 is 23.8 Å². The molecule has 0 aliphatic carbocycles. The minimum Gasteiger partial charge on any atom is -0.480 e. The number of carboxylic acids is 1. The van der Waals surface area contributed by atoms with Gasteiger partial charge in [0.1, 0.15) is 6.04 Å². The number of carboxylic acid groups (broad SMARTS) is 1. The van der Waals surface area contributed by atoms with Gasteiger partial charge in [0.05, 0.1) is 0 Å². The predicted octanol–water partition coefficient (Wildman–Crippen LogP) is 0.246. The molecule has 2 heterocycles. The molecule has 2 aliphatic rings. The topological polar surface area (TPSA) is 64.1 Å². The van der Waals surface area contributed by atoms with Crippen LogP contribution in [0.4, 0.5) is 4.79 Å². The molecule has 1 N–H and O–H groups in total. The molecule has 0 aromatic carbocycles. The number of carbonyl (C=O) groups excluding carboxylic acids is 1. The van der Waals surface area contributed by atoms with E-state index in [1.807, 2.05) is 26.5 Å². The third-order valence-corrected chi connectivity index (χ3v) is 4.71. The lowest BCUT2D eigenvalue weighted by atomic mass is 10.2. The summed E-state index contributed by atoms with van der Waals surface area (Å²) in [5.74, 6) is 1.23. The zero-order valence-electron chi connectivity index (χ0n) is 11.2. The summed E-state index contributed by atoms with van der Waals surface area (Å²) in [5, 5.41) is 8.98. The summed E-state index contributed by atoms with van der Waals surface area (Å²) in [6.07, 6.45) is 0. The molecule has 1 unspecified atom stereocenters. The first-order chi connectivity index (χ1) is 9.09. The van der Waals surface area contributed by atoms with Gasteiger partial charge in [0.25, 0.3) is 0 Å². The van der Waals surface area contributed by atoms with Crippen LogP contribution in [0.15, 0.2) is 0 Å². The minimum atomic E-state index is -0.798. The molecule has 7 heteroatoms. The fraction of sp³-hybridized carbons (Fsp3) is 0.833. The lowest BCUT2D eigenvalue weighted by molar-refractivity contribution is -0.143. The van der Waals surface area contributed by atoms with E-state index in [1.165, 1.54) is 0 Å². The van der Waals surface area contributed by atoms with Gasteiger partial charge in [-0.1, -0.05) is 0 Å². The van der Waals surface area contributed by atoms with Crippen molar-refractivity contribution in [3.63, 3.8) is 0 Å². The normalized spacial score (nSPS) is 23.2. The summed E-state index contributed by atoms with van der Waals surface area (Å²) in [7, 11) is 0. The number of carbonyl (C=O) groups is 2. The van der Waals surface area contributed by atoms with Gasteiger partial charge in [-0.15, -0.1) is 0 Å². The second kappa shape index (κ2) is 6.47. The quantitative estimate of drug-likeness (QED) is 0.788. The molecular formula is C12H21N3O3S. The number of hydrogen-bond donors (Lipinski definition) is 1. The van der Waals surface area contributed by atoms with E-state index in [4.69, 9.17) is 5.11 Å². The number of rotatable bonds is 2. The highest BCUT2D eigenvalue weighted by molar-refractivity contribution is 7.99. The van der Waals surface area contributed by atoms with Crippen molar-refractivity contribution in [1.29, 1.82) is 0 Å². The predicted molar refractivity (Wildman–Crippen MR) is 74.5 cm³/mol. The largest absolute Gasteiger partial charge is 0.480 e. The van der Waals surface area contributed by atoms with Gasteiger partial charge in [-0.25, -0.2) is 4.79 Å². The number of urea groups is 1. The monoisotopic (exact) mass is 287 g/mol. The van der Waals surface area contributed by atoms with Crippen LogP contribution in [0, 0.1) is 0 Å². The number of piperazine rings is 1. The Hall–Kier alpha value is -0.950. The highest BCUT2D eigenvalue weighted by atomic mass is 32.2. The lowest BCUT2D eigenvalue weighted by Crippen LogP contribution is -2.56. The number of amides is 2. The molecule has 2 aliphatic heterocycles. The van der Waals surface area contributed by atoms with Crippen molar-refractivity contribution in [3.05, 3.63) is 0 Å². The summed E-state index contributed by atoms with van der Waals surface area (Å²) in [6, 6.07) is -0.355. The van der Waals surface area contributed by atoms with Crippen LogP contribution in [0.1, 0.15) is 6.92 Å². The molecule has 0 radical (unpaired) electrons. The van der Waals surface area contributed by atoms with Gasteiger partial charge in [-0.3, -0.25) is 9.69 Å². The van der Waals surface area contributed by atoms with Crippen LogP contribution in [0.25, 0.3) is 0 Å². The molecule has 19 heavy (non-hydrogen) atoms. The Morgan fingerprint density at radius 1 is 1.00 bits per heavy atom. The molecule has 0 aromatic heterocycles. The van der Waals surface area contributed by atoms with Gasteiger partial charge in [-0.05, 0) is 6.92 Å². The van der Waals surface area contributed by atoms with Crippen LogP contribution in [0.3, 0.4) is 0 Å².